The molecule has 3 aliphatic heterocycles. The quantitative estimate of drug-likeness (QED) is 0.0183. The fourth-order valence-corrected chi connectivity index (χ4v) is 9.72. The minimum atomic E-state index is -1.62. The summed E-state index contributed by atoms with van der Waals surface area (Å²) in [5, 5.41) is 22.7. The summed E-state index contributed by atoms with van der Waals surface area (Å²) in [7, 11) is 0. The van der Waals surface area contributed by atoms with Crippen LogP contribution in [0.5, 0.6) is 0 Å². The number of unbranched alkanes of at least 4 members (excludes halogenated alkanes) is 2. The fraction of sp³-hybridized carbons (Fsp3) is 0.481. The van der Waals surface area contributed by atoms with Crippen molar-refractivity contribution in [3.63, 3.8) is 0 Å². The lowest BCUT2D eigenvalue weighted by Crippen LogP contribution is -2.45. The van der Waals surface area contributed by atoms with E-state index >= 15 is 4.39 Å². The maximum atomic E-state index is 15.3. The van der Waals surface area contributed by atoms with Gasteiger partial charge in [-0.3, -0.25) is 43.3 Å². The van der Waals surface area contributed by atoms with Gasteiger partial charge in [0.1, 0.15) is 19.2 Å². The number of aromatic nitrogens is 2. The van der Waals surface area contributed by atoms with Gasteiger partial charge in [0.25, 0.3) is 5.56 Å². The van der Waals surface area contributed by atoms with E-state index in [-0.39, 0.29) is 94.5 Å². The number of aliphatic hydroxyl groups is 1. The Bertz CT molecular complexity index is 2960. The summed E-state index contributed by atoms with van der Waals surface area (Å²) in [4.78, 5) is 116. The third-order valence-corrected chi connectivity index (χ3v) is 13.9. The topological polar surface area (TPSA) is 283 Å². The molecule has 1 fully saturated rings. The molecule has 1 saturated heterocycles. The van der Waals surface area contributed by atoms with Crippen molar-refractivity contribution in [2.75, 3.05) is 59.3 Å². The zero-order valence-corrected chi connectivity index (χ0v) is 44.8. The van der Waals surface area contributed by atoms with Gasteiger partial charge in [-0.25, -0.2) is 14.2 Å². The van der Waals surface area contributed by atoms with Gasteiger partial charge in [0.05, 0.1) is 80.3 Å². The number of hydrogen-bond donors (Lipinski definition) is 7. The molecule has 7 amide bonds. The van der Waals surface area contributed by atoms with Gasteiger partial charge >= 0.3 is 5.97 Å². The molecule has 0 spiro atoms. The number of likely N-dealkylation sites (tertiary alicyclic amines) is 1. The molecular formula is C54H67FN8O13S. The smallest absolute Gasteiger partial charge is 0.340 e. The number of aliphatic hydroxyl groups excluding tert-OH is 1. The van der Waals surface area contributed by atoms with E-state index in [1.165, 1.54) is 16.5 Å². The van der Waals surface area contributed by atoms with Gasteiger partial charge in [-0.2, -0.15) is 12.6 Å². The second kappa shape index (κ2) is 27.3. The number of aryl methyl sites for hydroxylation is 2. The van der Waals surface area contributed by atoms with E-state index in [1.807, 2.05) is 39.0 Å². The van der Waals surface area contributed by atoms with Crippen LogP contribution in [0.4, 0.5) is 4.39 Å². The van der Waals surface area contributed by atoms with Gasteiger partial charge in [0.15, 0.2) is 6.10 Å². The number of amides is 7. The first-order valence-corrected chi connectivity index (χ1v) is 26.2. The summed E-state index contributed by atoms with van der Waals surface area (Å²) >= 11 is 4.08. The predicted octanol–water partition coefficient (Wildman–Crippen LogP) is 2.38. The van der Waals surface area contributed by atoms with Crippen LogP contribution in [0, 0.1) is 19.7 Å². The van der Waals surface area contributed by atoms with Crippen LogP contribution in [0.1, 0.15) is 104 Å². The zero-order chi connectivity index (χ0) is 56.0. The van der Waals surface area contributed by atoms with Gasteiger partial charge in [-0.05, 0) is 62.3 Å². The Hall–Kier alpha value is -7.08. The molecule has 3 atom stereocenters. The molecule has 8 rings (SSSR count). The highest BCUT2D eigenvalue weighted by Gasteiger charge is 2.42. The highest BCUT2D eigenvalue weighted by molar-refractivity contribution is 7.81. The van der Waals surface area contributed by atoms with Crippen LogP contribution in [0.2, 0.25) is 0 Å². The fourth-order valence-electron chi connectivity index (χ4n) is 9.42. The zero-order valence-electron chi connectivity index (χ0n) is 43.9. The second-order valence-corrected chi connectivity index (χ2v) is 19.6. The standard InChI is InChI=1S/C45H53FN8O13S.C7H8.C2H6/c1-23-24-7-8-45(2,39-26-19-54-30(40(26)52-29(38(24)39)13-28(23)46)12-25-27(42(54)62)20-67-44(64)41(25)61)21-65-10-11-66-22-51-36(59)18-50-35(58)17-49-34(57)16-48-33(56)15-47-32(55)6-4-3-5-9-53-37(60)14-31(68)43(53)63;1-7-5-3-2-4-6-7;1-2/h12-13,31,41,61,68H,3-11,14-22H2,1-2H3,(H,47,55)(H,48,56)(H,49,57)(H,50,58)(H,51,59);2-6H,1H3;1-2H3. The largest absolute Gasteiger partial charge is 0.458 e. The Morgan fingerprint density at radius 3 is 2.06 bits per heavy atom. The summed E-state index contributed by atoms with van der Waals surface area (Å²) in [6, 6.07) is 13.2. The number of esters is 1. The molecule has 4 aromatic rings. The van der Waals surface area contributed by atoms with Crippen LogP contribution >= 0.6 is 12.6 Å². The highest BCUT2D eigenvalue weighted by atomic mass is 32.1. The molecule has 2 aromatic carbocycles. The maximum Gasteiger partial charge on any atom is 0.340 e. The number of cyclic esters (lactones) is 1. The normalized spacial score (nSPS) is 17.6. The number of rotatable bonds is 21. The SMILES string of the molecule is CC.Cc1c(F)cc2nc3c(c4c2c1CCC4(C)COCCOCNC(=O)CNC(=O)CNC(=O)CNC(=O)CNC(=O)CCCCCN1C(=O)CC(S)C1=O)Cn1c-3cc2c(c1=O)COC(=O)C2O.Cc1ccccc1. The molecule has 3 unspecified atom stereocenters. The first-order valence-electron chi connectivity index (χ1n) is 25.7. The van der Waals surface area contributed by atoms with Crippen molar-refractivity contribution in [1.82, 2.24) is 41.0 Å². The lowest BCUT2D eigenvalue weighted by Gasteiger charge is -2.37. The number of benzene rings is 2. The molecule has 2 aromatic heterocycles. The molecule has 414 valence electrons. The van der Waals surface area contributed by atoms with E-state index in [1.54, 1.807) is 17.6 Å². The molecule has 6 N–H and O–H groups in total. The van der Waals surface area contributed by atoms with Crippen molar-refractivity contribution in [3.8, 4) is 11.4 Å². The molecule has 4 aliphatic rings. The number of thiol groups is 1. The molecular weight excluding hydrogens is 1020 g/mol. The molecule has 0 saturated carbocycles. The average Bonchev–Trinajstić information content (AvgIpc) is 4.02. The molecule has 0 radical (unpaired) electrons. The van der Waals surface area contributed by atoms with Crippen molar-refractivity contribution in [3.05, 3.63) is 97.6 Å². The Kier molecular flexibility index (Phi) is 21.0. The molecule has 0 bridgehead atoms. The summed E-state index contributed by atoms with van der Waals surface area (Å²) in [5.74, 6) is -4.73. The number of imide groups is 1. The van der Waals surface area contributed by atoms with E-state index in [4.69, 9.17) is 19.2 Å². The van der Waals surface area contributed by atoms with Gasteiger partial charge in [0.2, 0.25) is 41.4 Å². The first kappa shape index (κ1) is 59.2. The Balaban J connectivity index is 0.000000976. The van der Waals surface area contributed by atoms with Crippen LogP contribution in [0.15, 0.2) is 47.3 Å². The number of pyridine rings is 2. The van der Waals surface area contributed by atoms with Crippen molar-refractivity contribution in [2.45, 2.75) is 109 Å². The van der Waals surface area contributed by atoms with E-state index in [9.17, 15) is 48.3 Å². The molecule has 21 nitrogen and oxygen atoms in total. The number of nitrogens with one attached hydrogen (secondary N) is 5. The number of carbonyl (C=O) groups is 8. The van der Waals surface area contributed by atoms with Crippen molar-refractivity contribution < 1.29 is 62.1 Å². The summed E-state index contributed by atoms with van der Waals surface area (Å²) in [6.45, 7) is 8.64. The number of ether oxygens (including phenoxy) is 3. The number of halogens is 1. The maximum absolute atomic E-state index is 15.3. The van der Waals surface area contributed by atoms with Crippen molar-refractivity contribution in [1.29, 1.82) is 0 Å². The molecule has 1 aliphatic carbocycles. The monoisotopic (exact) mass is 1090 g/mol. The van der Waals surface area contributed by atoms with Crippen LogP contribution in [-0.2, 0) is 77.6 Å². The van der Waals surface area contributed by atoms with Crippen LogP contribution in [0.25, 0.3) is 22.3 Å². The number of nitrogens with zero attached hydrogens (tertiary/aromatic N) is 3. The first-order chi connectivity index (χ1) is 36.9. The second-order valence-electron chi connectivity index (χ2n) is 19.0. The van der Waals surface area contributed by atoms with E-state index < -0.39 is 77.4 Å². The van der Waals surface area contributed by atoms with Crippen molar-refractivity contribution >= 4 is 70.9 Å². The van der Waals surface area contributed by atoms with E-state index in [2.05, 4.69) is 58.3 Å². The lowest BCUT2D eigenvalue weighted by molar-refractivity contribution is -0.157. The third-order valence-electron chi connectivity index (χ3n) is 13.5. The van der Waals surface area contributed by atoms with Gasteiger partial charge in [-0.1, -0.05) is 63.1 Å². The average molecular weight is 1090 g/mol. The summed E-state index contributed by atoms with van der Waals surface area (Å²) < 4.78 is 33.5. The minimum absolute atomic E-state index is 0.0847. The van der Waals surface area contributed by atoms with Crippen LogP contribution in [-0.4, -0.2) is 131 Å². The number of carbonyl (C=O) groups excluding carboxylic acids is 8. The Morgan fingerprint density at radius 2 is 1.45 bits per heavy atom. The van der Waals surface area contributed by atoms with Gasteiger partial charge < -0.3 is 50.5 Å². The Labute approximate surface area is 450 Å². The summed E-state index contributed by atoms with van der Waals surface area (Å²) in [6.07, 6.45) is 1.37. The van der Waals surface area contributed by atoms with Crippen LogP contribution < -0.4 is 32.1 Å². The van der Waals surface area contributed by atoms with Gasteiger partial charge in [0, 0.05) is 47.4 Å². The van der Waals surface area contributed by atoms with Gasteiger partial charge in [-0.15, -0.1) is 0 Å². The highest BCUT2D eigenvalue weighted by Crippen LogP contribution is 2.48. The molecule has 5 heterocycles. The lowest BCUT2D eigenvalue weighted by atomic mass is 9.69. The molecule has 23 heteroatoms. The van der Waals surface area contributed by atoms with E-state index in [0.29, 0.717) is 54.6 Å². The van der Waals surface area contributed by atoms with Crippen molar-refractivity contribution in [2.24, 2.45) is 0 Å². The van der Waals surface area contributed by atoms with E-state index in [0.717, 1.165) is 22.1 Å². The molecule has 77 heavy (non-hydrogen) atoms. The number of hydrogen-bond acceptors (Lipinski definition) is 15. The third kappa shape index (κ3) is 14.7. The predicted molar refractivity (Wildman–Crippen MR) is 283 cm³/mol. The number of fused-ring (bicyclic) bond motifs is 5. The minimum Gasteiger partial charge on any atom is -0.458 e. The van der Waals surface area contributed by atoms with Crippen LogP contribution in [0.3, 0.4) is 0 Å². The Morgan fingerprint density at radius 1 is 0.831 bits per heavy atom. The summed E-state index contributed by atoms with van der Waals surface area (Å²) in [5.41, 5.74) is 5.00.